The smallest absolute Gasteiger partial charge is 0.269 e. The number of ether oxygens (including phenoxy) is 1. The van der Waals surface area contributed by atoms with Crippen LogP contribution in [0.4, 0.5) is 11.4 Å². The first kappa shape index (κ1) is 17.2. The molecule has 1 aliphatic rings. The van der Waals surface area contributed by atoms with Crippen molar-refractivity contribution in [1.29, 1.82) is 0 Å². The molecule has 23 heavy (non-hydrogen) atoms. The van der Waals surface area contributed by atoms with Crippen molar-refractivity contribution in [2.75, 3.05) is 38.2 Å². The van der Waals surface area contributed by atoms with Gasteiger partial charge in [0.15, 0.2) is 0 Å². The Morgan fingerprint density at radius 3 is 2.78 bits per heavy atom. The number of non-ortho nitro benzene ring substituents is 1. The molecule has 0 atom stereocenters. The van der Waals surface area contributed by atoms with E-state index in [1.807, 2.05) is 9.80 Å². The van der Waals surface area contributed by atoms with Gasteiger partial charge in [-0.05, 0) is 18.9 Å². The molecule has 1 fully saturated rings. The first-order valence-corrected chi connectivity index (χ1v) is 7.85. The third-order valence-corrected chi connectivity index (χ3v) is 3.94. The van der Waals surface area contributed by atoms with Crippen molar-refractivity contribution in [2.45, 2.75) is 26.4 Å². The number of benzene rings is 1. The monoisotopic (exact) mass is 321 g/mol. The van der Waals surface area contributed by atoms with Crippen LogP contribution in [0.5, 0.6) is 0 Å². The van der Waals surface area contributed by atoms with Gasteiger partial charge in [0.05, 0.1) is 18.1 Å². The molecule has 0 saturated carbocycles. The van der Waals surface area contributed by atoms with Gasteiger partial charge in [0.25, 0.3) is 5.69 Å². The van der Waals surface area contributed by atoms with Crippen LogP contribution in [0.1, 0.15) is 25.3 Å². The number of nitro benzene ring substituents is 1. The van der Waals surface area contributed by atoms with E-state index in [0.717, 1.165) is 43.7 Å². The summed E-state index contributed by atoms with van der Waals surface area (Å²) in [5.74, 6) is 0.103. The van der Waals surface area contributed by atoms with Gasteiger partial charge in [-0.25, -0.2) is 0 Å². The van der Waals surface area contributed by atoms with Crippen molar-refractivity contribution in [3.63, 3.8) is 0 Å². The van der Waals surface area contributed by atoms with Gasteiger partial charge in [-0.15, -0.1) is 0 Å². The first-order chi connectivity index (χ1) is 11.1. The molecule has 0 aliphatic carbocycles. The third kappa shape index (κ3) is 4.19. The zero-order valence-corrected chi connectivity index (χ0v) is 13.7. The third-order valence-electron chi connectivity index (χ3n) is 3.94. The summed E-state index contributed by atoms with van der Waals surface area (Å²) in [5, 5.41) is 11.0. The highest BCUT2D eigenvalue weighted by molar-refractivity contribution is 5.82. The van der Waals surface area contributed by atoms with Crippen LogP contribution in [0.15, 0.2) is 18.2 Å². The van der Waals surface area contributed by atoms with Crippen molar-refractivity contribution in [1.82, 2.24) is 4.90 Å². The van der Waals surface area contributed by atoms with Crippen molar-refractivity contribution in [3.05, 3.63) is 33.9 Å². The van der Waals surface area contributed by atoms with Crippen LogP contribution in [0.25, 0.3) is 0 Å². The quantitative estimate of drug-likeness (QED) is 0.593. The predicted molar refractivity (Wildman–Crippen MR) is 87.5 cm³/mol. The second-order valence-corrected chi connectivity index (χ2v) is 5.66. The van der Waals surface area contributed by atoms with Crippen molar-refractivity contribution in [3.8, 4) is 0 Å². The summed E-state index contributed by atoms with van der Waals surface area (Å²) in [6, 6.07) is 4.72. The Balaban J connectivity index is 2.26. The van der Waals surface area contributed by atoms with Gasteiger partial charge in [0.1, 0.15) is 0 Å². The first-order valence-electron chi connectivity index (χ1n) is 7.85. The summed E-state index contributed by atoms with van der Waals surface area (Å²) in [4.78, 5) is 26.8. The van der Waals surface area contributed by atoms with Crippen molar-refractivity contribution < 1.29 is 14.5 Å². The Morgan fingerprint density at radius 2 is 2.13 bits per heavy atom. The molecule has 0 spiro atoms. The maximum atomic E-state index is 12.4. The number of rotatable bonds is 6. The molecule has 1 aliphatic heterocycles. The van der Waals surface area contributed by atoms with Crippen LogP contribution < -0.4 is 4.90 Å². The largest absolute Gasteiger partial charge is 0.380 e. The zero-order chi connectivity index (χ0) is 16.8. The highest BCUT2D eigenvalue weighted by Gasteiger charge is 2.23. The number of nitro groups is 1. The lowest BCUT2D eigenvalue weighted by molar-refractivity contribution is -0.384. The van der Waals surface area contributed by atoms with Gasteiger partial charge < -0.3 is 14.5 Å². The van der Waals surface area contributed by atoms with Gasteiger partial charge in [-0.2, -0.15) is 0 Å². The summed E-state index contributed by atoms with van der Waals surface area (Å²) in [6.07, 6.45) is 1.83. The summed E-state index contributed by atoms with van der Waals surface area (Å²) in [5.41, 5.74) is 1.61. The van der Waals surface area contributed by atoms with E-state index in [9.17, 15) is 14.9 Å². The highest BCUT2D eigenvalue weighted by atomic mass is 16.6. The minimum absolute atomic E-state index is 0.0366. The molecule has 1 amide bonds. The van der Waals surface area contributed by atoms with Crippen LogP contribution in [0.2, 0.25) is 0 Å². The molecule has 1 saturated heterocycles. The molecule has 2 rings (SSSR count). The number of amides is 1. The Bertz CT molecular complexity index is 576. The second-order valence-electron chi connectivity index (χ2n) is 5.66. The van der Waals surface area contributed by atoms with Gasteiger partial charge in [0.2, 0.25) is 5.91 Å². The molecule has 126 valence electrons. The maximum Gasteiger partial charge on any atom is 0.269 e. The van der Waals surface area contributed by atoms with E-state index in [2.05, 4.69) is 6.92 Å². The molecule has 0 N–H and O–H groups in total. The van der Waals surface area contributed by atoms with Crippen LogP contribution >= 0.6 is 0 Å². The molecule has 7 nitrogen and oxygen atoms in total. The molecule has 0 radical (unpaired) electrons. The number of carbonyl (C=O) groups excluding carboxylic acids is 1. The van der Waals surface area contributed by atoms with E-state index in [0.29, 0.717) is 6.54 Å². The summed E-state index contributed by atoms with van der Waals surface area (Å²) in [7, 11) is 1.55. The molecule has 1 heterocycles. The maximum absolute atomic E-state index is 12.4. The van der Waals surface area contributed by atoms with E-state index in [1.54, 1.807) is 13.2 Å². The summed E-state index contributed by atoms with van der Waals surface area (Å²) >= 11 is 0. The minimum Gasteiger partial charge on any atom is -0.380 e. The summed E-state index contributed by atoms with van der Waals surface area (Å²) in [6.45, 7) is 4.92. The molecule has 7 heteroatoms. The van der Waals surface area contributed by atoms with Gasteiger partial charge in [-0.3, -0.25) is 14.9 Å². The van der Waals surface area contributed by atoms with Gasteiger partial charge >= 0.3 is 0 Å². The SMILES string of the molecule is CCCN1CCCN(c2ccc([N+](=O)[O-])cc2COC)CC1=O. The Morgan fingerprint density at radius 1 is 1.35 bits per heavy atom. The van der Waals surface area contributed by atoms with Gasteiger partial charge in [0, 0.05) is 50.1 Å². The van der Waals surface area contributed by atoms with E-state index in [4.69, 9.17) is 4.74 Å². The number of hydrogen-bond acceptors (Lipinski definition) is 5. The fraction of sp³-hybridized carbons (Fsp3) is 0.562. The van der Waals surface area contributed by atoms with E-state index < -0.39 is 4.92 Å². The summed E-state index contributed by atoms with van der Waals surface area (Å²) < 4.78 is 5.17. The van der Waals surface area contributed by atoms with Gasteiger partial charge in [-0.1, -0.05) is 6.92 Å². The van der Waals surface area contributed by atoms with Crippen molar-refractivity contribution >= 4 is 17.3 Å². The number of hydrogen-bond donors (Lipinski definition) is 0. The van der Waals surface area contributed by atoms with Crippen LogP contribution in [0, 0.1) is 10.1 Å². The number of carbonyl (C=O) groups is 1. The standard InChI is InChI=1S/C16H23N3O4/c1-3-7-17-8-4-9-18(11-16(17)20)15-6-5-14(19(21)22)10-13(15)12-23-2/h5-6,10H,3-4,7-9,11-12H2,1-2H3. The fourth-order valence-electron chi connectivity index (χ4n) is 2.90. The Hall–Kier alpha value is -2.15. The predicted octanol–water partition coefficient (Wildman–Crippen LogP) is 2.19. The zero-order valence-electron chi connectivity index (χ0n) is 13.7. The Kier molecular flexibility index (Phi) is 5.92. The molecule has 1 aromatic carbocycles. The fourth-order valence-corrected chi connectivity index (χ4v) is 2.90. The molecule has 1 aromatic rings. The second kappa shape index (κ2) is 7.92. The topological polar surface area (TPSA) is 75.9 Å². The number of nitrogens with zero attached hydrogens (tertiary/aromatic N) is 3. The number of methoxy groups -OCH3 is 1. The van der Waals surface area contributed by atoms with Crippen LogP contribution in [0.3, 0.4) is 0 Å². The molecular formula is C16H23N3O4. The normalized spacial score (nSPS) is 15.7. The lowest BCUT2D eigenvalue weighted by Gasteiger charge is -2.25. The Labute approximate surface area is 136 Å². The van der Waals surface area contributed by atoms with Crippen molar-refractivity contribution in [2.24, 2.45) is 0 Å². The lowest BCUT2D eigenvalue weighted by atomic mass is 10.1. The molecular weight excluding hydrogens is 298 g/mol. The van der Waals surface area contributed by atoms with E-state index in [1.165, 1.54) is 12.1 Å². The van der Waals surface area contributed by atoms with Crippen LogP contribution in [-0.2, 0) is 16.1 Å². The van der Waals surface area contributed by atoms with E-state index in [-0.39, 0.29) is 18.2 Å². The molecule has 0 aromatic heterocycles. The minimum atomic E-state index is -0.417. The molecule has 0 bridgehead atoms. The average molecular weight is 321 g/mol. The lowest BCUT2D eigenvalue weighted by Crippen LogP contribution is -2.37. The van der Waals surface area contributed by atoms with Crippen LogP contribution in [-0.4, -0.2) is 49.0 Å². The molecule has 0 unspecified atom stereocenters. The highest BCUT2D eigenvalue weighted by Crippen LogP contribution is 2.27. The number of anilines is 1. The average Bonchev–Trinajstić information content (AvgIpc) is 2.70. The van der Waals surface area contributed by atoms with E-state index >= 15 is 0 Å².